The van der Waals surface area contributed by atoms with E-state index in [1.165, 1.54) is 42.0 Å². The molecule has 0 unspecified atom stereocenters. The molecule has 0 radical (unpaired) electrons. The monoisotopic (exact) mass is 294 g/mol. The molecule has 0 atom stereocenters. The lowest BCUT2D eigenvalue weighted by atomic mass is 10.0. The van der Waals surface area contributed by atoms with Gasteiger partial charge in [-0.15, -0.1) is 0 Å². The highest BCUT2D eigenvalue weighted by Gasteiger charge is 2.26. The number of aryl methyl sites for hydroxylation is 1. The van der Waals surface area contributed by atoms with Crippen molar-refractivity contribution in [3.8, 4) is 0 Å². The van der Waals surface area contributed by atoms with Crippen molar-refractivity contribution in [1.29, 1.82) is 0 Å². The molecule has 0 aromatic carbocycles. The van der Waals surface area contributed by atoms with Crippen molar-refractivity contribution < 1.29 is 0 Å². The van der Waals surface area contributed by atoms with Crippen LogP contribution in [-0.2, 0) is 7.05 Å². The maximum Gasteiger partial charge on any atom is 0.255 e. The van der Waals surface area contributed by atoms with Crippen molar-refractivity contribution in [3.63, 3.8) is 0 Å². The molecule has 0 amide bonds. The predicted octanol–water partition coefficient (Wildman–Crippen LogP) is 0.798. The summed E-state index contributed by atoms with van der Waals surface area (Å²) in [4.78, 5) is 20.9. The topological polar surface area (TPSA) is 41.4 Å². The minimum absolute atomic E-state index is 0.0187. The molecule has 1 aromatic rings. The molecule has 2 saturated heterocycles. The summed E-state index contributed by atoms with van der Waals surface area (Å²) >= 11 is 2.06. The Morgan fingerprint density at radius 1 is 1.20 bits per heavy atom. The van der Waals surface area contributed by atoms with Gasteiger partial charge in [-0.1, -0.05) is 0 Å². The van der Waals surface area contributed by atoms with Crippen LogP contribution in [0, 0.1) is 0 Å². The van der Waals surface area contributed by atoms with Crippen LogP contribution in [0.3, 0.4) is 0 Å². The number of aromatic nitrogens is 2. The molecule has 1 aromatic heterocycles. The third kappa shape index (κ3) is 3.01. The zero-order valence-corrected chi connectivity index (χ0v) is 12.8. The second-order valence-electron chi connectivity index (χ2n) is 5.56. The fraction of sp³-hybridized carbons (Fsp3) is 0.714. The lowest BCUT2D eigenvalue weighted by molar-refractivity contribution is 0.185. The fourth-order valence-electron chi connectivity index (χ4n) is 3.03. The van der Waals surface area contributed by atoms with Crippen molar-refractivity contribution in [1.82, 2.24) is 14.5 Å². The second-order valence-corrected chi connectivity index (χ2v) is 6.79. The van der Waals surface area contributed by atoms with Gasteiger partial charge in [-0.3, -0.25) is 9.69 Å². The van der Waals surface area contributed by atoms with E-state index in [0.717, 1.165) is 24.9 Å². The van der Waals surface area contributed by atoms with Gasteiger partial charge >= 0.3 is 0 Å². The van der Waals surface area contributed by atoms with Crippen LogP contribution in [-0.4, -0.2) is 58.2 Å². The summed E-state index contributed by atoms with van der Waals surface area (Å²) in [5, 5.41) is 0. The molecule has 20 heavy (non-hydrogen) atoms. The predicted molar refractivity (Wildman–Crippen MR) is 83.6 cm³/mol. The number of nitrogens with zero attached hydrogens (tertiary/aromatic N) is 4. The van der Waals surface area contributed by atoms with Gasteiger partial charge in [0.25, 0.3) is 5.56 Å². The van der Waals surface area contributed by atoms with Crippen LogP contribution < -0.4 is 10.5 Å². The first-order valence-corrected chi connectivity index (χ1v) is 8.49. The van der Waals surface area contributed by atoms with Gasteiger partial charge in [-0.05, 0) is 12.8 Å². The molecule has 2 fully saturated rings. The van der Waals surface area contributed by atoms with E-state index in [4.69, 9.17) is 0 Å². The third-order valence-electron chi connectivity index (χ3n) is 4.31. The van der Waals surface area contributed by atoms with E-state index in [1.807, 2.05) is 0 Å². The summed E-state index contributed by atoms with van der Waals surface area (Å²) in [5.74, 6) is 3.38. The van der Waals surface area contributed by atoms with E-state index in [0.29, 0.717) is 0 Å². The minimum atomic E-state index is 0.0187. The van der Waals surface area contributed by atoms with Crippen molar-refractivity contribution >= 4 is 17.6 Å². The Bertz CT molecular complexity index is 504. The molecule has 0 bridgehead atoms. The summed E-state index contributed by atoms with van der Waals surface area (Å²) in [6, 6.07) is 2.37. The van der Waals surface area contributed by atoms with Crippen molar-refractivity contribution in [2.75, 3.05) is 42.6 Å². The molecular formula is C14H22N4OS. The number of hydrogen-bond donors (Lipinski definition) is 0. The Morgan fingerprint density at radius 3 is 2.55 bits per heavy atom. The van der Waals surface area contributed by atoms with Crippen LogP contribution in [0.4, 0.5) is 5.82 Å². The number of thioether (sulfide) groups is 1. The highest BCUT2D eigenvalue weighted by atomic mass is 32.2. The smallest absolute Gasteiger partial charge is 0.255 e. The normalized spacial score (nSPS) is 22.1. The van der Waals surface area contributed by atoms with Crippen LogP contribution in [0.5, 0.6) is 0 Å². The van der Waals surface area contributed by atoms with E-state index in [9.17, 15) is 4.79 Å². The lowest BCUT2D eigenvalue weighted by Crippen LogP contribution is -2.48. The highest BCUT2D eigenvalue weighted by Crippen LogP contribution is 2.22. The number of rotatable bonds is 2. The van der Waals surface area contributed by atoms with Crippen molar-refractivity contribution in [2.45, 2.75) is 18.9 Å². The molecule has 0 spiro atoms. The average Bonchev–Trinajstić information content (AvgIpc) is 2.51. The Morgan fingerprint density at radius 2 is 1.90 bits per heavy atom. The molecule has 0 saturated carbocycles. The summed E-state index contributed by atoms with van der Waals surface area (Å²) in [6.45, 7) is 4.49. The fourth-order valence-corrected chi connectivity index (χ4v) is 3.96. The summed E-state index contributed by atoms with van der Waals surface area (Å²) in [5.41, 5.74) is 0.0187. The molecule has 110 valence electrons. The van der Waals surface area contributed by atoms with Crippen LogP contribution in [0.15, 0.2) is 17.2 Å². The highest BCUT2D eigenvalue weighted by molar-refractivity contribution is 7.99. The molecule has 3 rings (SSSR count). The average molecular weight is 294 g/mol. The minimum Gasteiger partial charge on any atom is -0.356 e. The summed E-state index contributed by atoms with van der Waals surface area (Å²) in [6.07, 6.45) is 3.98. The molecule has 3 heterocycles. The first-order valence-electron chi connectivity index (χ1n) is 7.33. The maximum atomic E-state index is 11.7. The van der Waals surface area contributed by atoms with E-state index >= 15 is 0 Å². The van der Waals surface area contributed by atoms with Crippen molar-refractivity contribution in [3.05, 3.63) is 22.7 Å². The van der Waals surface area contributed by atoms with E-state index in [1.54, 1.807) is 19.4 Å². The zero-order chi connectivity index (χ0) is 13.9. The molecule has 5 nitrogen and oxygen atoms in total. The molecular weight excluding hydrogens is 272 g/mol. The van der Waals surface area contributed by atoms with E-state index in [-0.39, 0.29) is 5.56 Å². The van der Waals surface area contributed by atoms with Gasteiger partial charge < -0.3 is 9.47 Å². The number of piperidine rings is 1. The Hall–Kier alpha value is -1.01. The number of anilines is 1. The van der Waals surface area contributed by atoms with Crippen LogP contribution in [0.25, 0.3) is 0 Å². The van der Waals surface area contributed by atoms with Gasteiger partial charge in [-0.25, -0.2) is 4.98 Å². The summed E-state index contributed by atoms with van der Waals surface area (Å²) in [7, 11) is 1.74. The number of hydrogen-bond acceptors (Lipinski definition) is 5. The molecule has 0 aliphatic carbocycles. The van der Waals surface area contributed by atoms with Crippen LogP contribution in [0.1, 0.15) is 12.8 Å². The summed E-state index contributed by atoms with van der Waals surface area (Å²) < 4.78 is 1.52. The van der Waals surface area contributed by atoms with Gasteiger partial charge in [0.05, 0.1) is 6.33 Å². The van der Waals surface area contributed by atoms with Gasteiger partial charge in [0.2, 0.25) is 0 Å². The van der Waals surface area contributed by atoms with Gasteiger partial charge in [0.15, 0.2) is 0 Å². The largest absolute Gasteiger partial charge is 0.356 e. The van der Waals surface area contributed by atoms with Crippen molar-refractivity contribution in [2.24, 2.45) is 7.05 Å². The first kappa shape index (κ1) is 13.9. The van der Waals surface area contributed by atoms with Gasteiger partial charge in [0.1, 0.15) is 5.82 Å². The Labute approximate surface area is 124 Å². The quantitative estimate of drug-likeness (QED) is 0.807. The second kappa shape index (κ2) is 6.18. The zero-order valence-electron chi connectivity index (χ0n) is 12.0. The molecule has 6 heteroatoms. The Balaban J connectivity index is 1.60. The van der Waals surface area contributed by atoms with E-state index in [2.05, 4.69) is 26.5 Å². The standard InChI is InChI=1S/C14H22N4OS/c1-16-11-15-13(10-14(16)19)18-4-2-12(3-5-18)17-6-8-20-9-7-17/h10-12H,2-9H2,1H3. The third-order valence-corrected chi connectivity index (χ3v) is 5.26. The molecule has 2 aliphatic heterocycles. The van der Waals surface area contributed by atoms with Crippen LogP contribution in [0.2, 0.25) is 0 Å². The van der Waals surface area contributed by atoms with Gasteiger partial charge in [0, 0.05) is 56.8 Å². The SMILES string of the molecule is Cn1cnc(N2CCC(N3CCSCC3)CC2)cc1=O. The maximum absolute atomic E-state index is 11.7. The first-order chi connectivity index (χ1) is 9.74. The lowest BCUT2D eigenvalue weighted by Gasteiger charge is -2.40. The molecule has 2 aliphatic rings. The molecule has 0 N–H and O–H groups in total. The van der Waals surface area contributed by atoms with Gasteiger partial charge in [-0.2, -0.15) is 11.8 Å². The van der Waals surface area contributed by atoms with E-state index < -0.39 is 0 Å². The van der Waals surface area contributed by atoms with Crippen LogP contribution >= 0.6 is 11.8 Å². The Kier molecular flexibility index (Phi) is 4.31.